The molecule has 0 aliphatic carbocycles. The molecule has 0 aliphatic rings. The molecule has 1 atom stereocenters. The molecular formula is C11H14Br2. The first-order valence-electron chi connectivity index (χ1n) is 4.45. The third-order valence-corrected chi connectivity index (χ3v) is 3.32. The minimum Gasteiger partial charge on any atom is -0.0842 e. The largest absolute Gasteiger partial charge is 0.0842 e. The first-order valence-corrected chi connectivity index (χ1v) is 6.16. The lowest BCUT2D eigenvalue weighted by Crippen LogP contribution is -1.91. The van der Waals surface area contributed by atoms with Crippen LogP contribution in [0.2, 0.25) is 0 Å². The second-order valence-electron chi connectivity index (χ2n) is 3.55. The number of hydrogen-bond acceptors (Lipinski definition) is 0. The lowest BCUT2D eigenvalue weighted by molar-refractivity contribution is 0.858. The number of benzene rings is 1. The minimum absolute atomic E-state index is 0.421. The quantitative estimate of drug-likeness (QED) is 0.672. The molecule has 0 N–H and O–H groups in total. The number of hydrogen-bond donors (Lipinski definition) is 0. The highest BCUT2D eigenvalue weighted by atomic mass is 79.9. The maximum Gasteiger partial charge on any atom is 0.0367 e. The highest BCUT2D eigenvalue weighted by molar-refractivity contribution is 9.10. The molecule has 0 nitrogen and oxygen atoms in total. The van der Waals surface area contributed by atoms with Gasteiger partial charge in [0.2, 0.25) is 0 Å². The Hall–Kier alpha value is 0.180. The van der Waals surface area contributed by atoms with Crippen LogP contribution in [0.1, 0.15) is 42.6 Å². The summed E-state index contributed by atoms with van der Waals surface area (Å²) < 4.78 is 1.21. The van der Waals surface area contributed by atoms with Crippen LogP contribution in [-0.2, 0) is 0 Å². The van der Waals surface area contributed by atoms with Crippen LogP contribution in [0.25, 0.3) is 0 Å². The summed E-state index contributed by atoms with van der Waals surface area (Å²) in [7, 11) is 0. The first-order chi connectivity index (χ1) is 6.02. The first kappa shape index (κ1) is 11.3. The predicted molar refractivity (Wildman–Crippen MR) is 65.6 cm³/mol. The van der Waals surface area contributed by atoms with E-state index in [0.29, 0.717) is 10.7 Å². The second kappa shape index (κ2) is 4.61. The molecule has 72 valence electrons. The molecule has 1 aromatic carbocycles. The van der Waals surface area contributed by atoms with Gasteiger partial charge in [-0.15, -0.1) is 0 Å². The van der Waals surface area contributed by atoms with Gasteiger partial charge in [0.15, 0.2) is 0 Å². The number of rotatable bonds is 2. The van der Waals surface area contributed by atoms with Crippen LogP contribution in [0.4, 0.5) is 0 Å². The summed E-state index contributed by atoms with van der Waals surface area (Å²) in [6.45, 7) is 6.55. The molecule has 1 rings (SSSR count). The zero-order chi connectivity index (χ0) is 10.0. The van der Waals surface area contributed by atoms with Crippen molar-refractivity contribution < 1.29 is 0 Å². The topological polar surface area (TPSA) is 0 Å². The molecule has 0 bridgehead atoms. The summed E-state index contributed by atoms with van der Waals surface area (Å²) in [6.07, 6.45) is 0. The fourth-order valence-electron chi connectivity index (χ4n) is 1.26. The average Bonchev–Trinajstić information content (AvgIpc) is 2.03. The molecule has 0 amide bonds. The molecule has 0 spiro atoms. The van der Waals surface area contributed by atoms with Gasteiger partial charge in [-0.25, -0.2) is 0 Å². The Morgan fingerprint density at radius 3 is 2.15 bits per heavy atom. The van der Waals surface area contributed by atoms with Gasteiger partial charge in [0, 0.05) is 9.30 Å². The van der Waals surface area contributed by atoms with Gasteiger partial charge in [0.25, 0.3) is 0 Å². The SMILES string of the molecule is CC(C)c1ccc(C(C)Br)cc1Br. The van der Waals surface area contributed by atoms with E-state index in [9.17, 15) is 0 Å². The van der Waals surface area contributed by atoms with Crippen molar-refractivity contribution in [2.75, 3.05) is 0 Å². The van der Waals surface area contributed by atoms with Crippen molar-refractivity contribution in [1.82, 2.24) is 0 Å². The zero-order valence-electron chi connectivity index (χ0n) is 8.14. The summed E-state index contributed by atoms with van der Waals surface area (Å²) in [5.41, 5.74) is 2.69. The summed E-state index contributed by atoms with van der Waals surface area (Å²) >= 11 is 7.15. The third kappa shape index (κ3) is 2.81. The van der Waals surface area contributed by atoms with Crippen molar-refractivity contribution in [3.05, 3.63) is 33.8 Å². The molecule has 2 heteroatoms. The molecule has 1 aromatic rings. The van der Waals surface area contributed by atoms with Crippen molar-refractivity contribution in [1.29, 1.82) is 0 Å². The Morgan fingerprint density at radius 2 is 1.77 bits per heavy atom. The van der Waals surface area contributed by atoms with Gasteiger partial charge < -0.3 is 0 Å². The van der Waals surface area contributed by atoms with E-state index in [2.05, 4.69) is 70.8 Å². The van der Waals surface area contributed by atoms with Gasteiger partial charge >= 0.3 is 0 Å². The van der Waals surface area contributed by atoms with Crippen LogP contribution in [0.5, 0.6) is 0 Å². The van der Waals surface area contributed by atoms with Crippen molar-refractivity contribution >= 4 is 31.9 Å². The monoisotopic (exact) mass is 304 g/mol. The molecule has 0 aromatic heterocycles. The Kier molecular flexibility index (Phi) is 3.99. The molecule has 0 saturated carbocycles. The maximum atomic E-state index is 3.60. The number of alkyl halides is 1. The summed E-state index contributed by atoms with van der Waals surface area (Å²) in [4.78, 5) is 0.421. The molecular weight excluding hydrogens is 292 g/mol. The number of halogens is 2. The van der Waals surface area contributed by atoms with Crippen LogP contribution < -0.4 is 0 Å². The van der Waals surface area contributed by atoms with Gasteiger partial charge in [-0.3, -0.25) is 0 Å². The molecule has 0 heterocycles. The standard InChI is InChI=1S/C11H14Br2/c1-7(2)10-5-4-9(8(3)12)6-11(10)13/h4-8H,1-3H3. The fraction of sp³-hybridized carbons (Fsp3) is 0.455. The molecule has 1 unspecified atom stereocenters. The minimum atomic E-state index is 0.421. The van der Waals surface area contributed by atoms with Crippen LogP contribution in [-0.4, -0.2) is 0 Å². The van der Waals surface area contributed by atoms with E-state index in [1.165, 1.54) is 15.6 Å². The Balaban J connectivity index is 3.06. The van der Waals surface area contributed by atoms with E-state index >= 15 is 0 Å². The van der Waals surface area contributed by atoms with E-state index in [1.807, 2.05) is 0 Å². The van der Waals surface area contributed by atoms with Crippen LogP contribution in [0, 0.1) is 0 Å². The van der Waals surface area contributed by atoms with E-state index < -0.39 is 0 Å². The van der Waals surface area contributed by atoms with Crippen molar-refractivity contribution in [3.63, 3.8) is 0 Å². The second-order valence-corrected chi connectivity index (χ2v) is 5.78. The van der Waals surface area contributed by atoms with Crippen LogP contribution in [0.3, 0.4) is 0 Å². The normalized spacial score (nSPS) is 13.4. The van der Waals surface area contributed by atoms with E-state index in [-0.39, 0.29) is 0 Å². The zero-order valence-corrected chi connectivity index (χ0v) is 11.3. The van der Waals surface area contributed by atoms with Crippen LogP contribution in [0.15, 0.2) is 22.7 Å². The van der Waals surface area contributed by atoms with Crippen molar-refractivity contribution in [2.24, 2.45) is 0 Å². The smallest absolute Gasteiger partial charge is 0.0367 e. The fourth-order valence-corrected chi connectivity index (χ4v) is 2.40. The molecule has 0 saturated heterocycles. The van der Waals surface area contributed by atoms with E-state index in [1.54, 1.807) is 0 Å². The summed E-state index contributed by atoms with van der Waals surface area (Å²) in [5.74, 6) is 0.578. The summed E-state index contributed by atoms with van der Waals surface area (Å²) in [5, 5.41) is 0. The van der Waals surface area contributed by atoms with Crippen molar-refractivity contribution in [3.8, 4) is 0 Å². The van der Waals surface area contributed by atoms with E-state index in [0.717, 1.165) is 0 Å². The Bertz CT molecular complexity index is 290. The molecule has 0 radical (unpaired) electrons. The van der Waals surface area contributed by atoms with Gasteiger partial charge in [0.1, 0.15) is 0 Å². The van der Waals surface area contributed by atoms with Gasteiger partial charge in [0.05, 0.1) is 0 Å². The predicted octanol–water partition coefficient (Wildman–Crippen LogP) is 5.03. The Labute approximate surface area is 97.0 Å². The third-order valence-electron chi connectivity index (χ3n) is 2.11. The highest BCUT2D eigenvalue weighted by Crippen LogP contribution is 2.30. The lowest BCUT2D eigenvalue weighted by atomic mass is 10.0. The highest BCUT2D eigenvalue weighted by Gasteiger charge is 2.07. The average molecular weight is 306 g/mol. The molecule has 0 fully saturated rings. The molecule has 13 heavy (non-hydrogen) atoms. The van der Waals surface area contributed by atoms with Gasteiger partial charge in [-0.1, -0.05) is 57.8 Å². The van der Waals surface area contributed by atoms with Gasteiger partial charge in [-0.2, -0.15) is 0 Å². The lowest BCUT2D eigenvalue weighted by Gasteiger charge is -2.11. The van der Waals surface area contributed by atoms with Gasteiger partial charge in [-0.05, 0) is 30.0 Å². The summed E-state index contributed by atoms with van der Waals surface area (Å²) in [6, 6.07) is 6.57. The van der Waals surface area contributed by atoms with Crippen molar-refractivity contribution in [2.45, 2.75) is 31.5 Å². The molecule has 0 aliphatic heterocycles. The maximum absolute atomic E-state index is 3.60. The van der Waals surface area contributed by atoms with Crippen LogP contribution >= 0.6 is 31.9 Å². The van der Waals surface area contributed by atoms with E-state index in [4.69, 9.17) is 0 Å². The Morgan fingerprint density at radius 1 is 1.15 bits per heavy atom.